The van der Waals surface area contributed by atoms with Gasteiger partial charge in [0.15, 0.2) is 11.2 Å². The van der Waals surface area contributed by atoms with E-state index in [4.69, 9.17) is 16.0 Å². The van der Waals surface area contributed by atoms with Gasteiger partial charge in [-0.15, -0.1) is 0 Å². The number of rotatable bonds is 2. The van der Waals surface area contributed by atoms with Gasteiger partial charge in [0.05, 0.1) is 27.6 Å². The molecule has 0 amide bonds. The summed E-state index contributed by atoms with van der Waals surface area (Å²) in [4.78, 5) is 37.4. The van der Waals surface area contributed by atoms with E-state index >= 15 is 0 Å². The number of carboxylic acid groups (broad SMARTS) is 2. The molecule has 0 aliphatic heterocycles. The summed E-state index contributed by atoms with van der Waals surface area (Å²) in [6, 6.07) is 4.48. The molecule has 0 bridgehead atoms. The minimum Gasteiger partial charge on any atom is -0.543 e. The van der Waals surface area contributed by atoms with E-state index in [2.05, 4.69) is 4.98 Å². The molecule has 2 aromatic heterocycles. The van der Waals surface area contributed by atoms with Crippen LogP contribution >= 0.6 is 11.6 Å². The average molecular weight is 364 g/mol. The second kappa shape index (κ2) is 7.97. The molecule has 3 aromatic rings. The number of nitrogens with zero attached hydrogens (tertiary/aromatic N) is 1. The van der Waals surface area contributed by atoms with Crippen LogP contribution in [0.5, 0.6) is 0 Å². The van der Waals surface area contributed by atoms with Crippen molar-refractivity contribution in [1.29, 1.82) is 0 Å². The second-order valence-corrected chi connectivity index (χ2v) is 4.81. The molecule has 0 saturated carbocycles. The molecule has 0 aliphatic carbocycles. The van der Waals surface area contributed by atoms with Crippen LogP contribution in [0.2, 0.25) is 5.02 Å². The van der Waals surface area contributed by atoms with Gasteiger partial charge in [-0.1, -0.05) is 11.6 Å². The van der Waals surface area contributed by atoms with Gasteiger partial charge in [0.1, 0.15) is 11.6 Å². The van der Waals surface area contributed by atoms with Gasteiger partial charge in [0.2, 0.25) is 0 Å². The van der Waals surface area contributed by atoms with Crippen LogP contribution in [-0.4, -0.2) is 16.9 Å². The zero-order valence-electron chi connectivity index (χ0n) is 12.6. The zero-order valence-corrected chi connectivity index (χ0v) is 17.3. The Morgan fingerprint density at radius 2 is 1.67 bits per heavy atom. The van der Waals surface area contributed by atoms with Crippen molar-refractivity contribution < 1.29 is 83.3 Å². The molecule has 2 heterocycles. The van der Waals surface area contributed by atoms with E-state index in [9.17, 15) is 24.6 Å². The summed E-state index contributed by atoms with van der Waals surface area (Å²) in [6.45, 7) is 0. The summed E-state index contributed by atoms with van der Waals surface area (Å²) in [5, 5.41) is 22.1. The fraction of sp³-hybridized carbons (Fsp3) is 0. The van der Waals surface area contributed by atoms with Crippen molar-refractivity contribution in [2.75, 3.05) is 0 Å². The van der Waals surface area contributed by atoms with Gasteiger partial charge in [-0.2, -0.15) is 0 Å². The molecule has 110 valence electrons. The summed E-state index contributed by atoms with van der Waals surface area (Å²) in [7, 11) is 0. The van der Waals surface area contributed by atoms with Crippen molar-refractivity contribution in [1.82, 2.24) is 4.98 Å². The number of halogens is 1. The Labute approximate surface area is 183 Å². The first-order chi connectivity index (χ1) is 10.4. The van der Waals surface area contributed by atoms with E-state index in [0.717, 1.165) is 12.1 Å². The summed E-state index contributed by atoms with van der Waals surface area (Å²) >= 11 is 5.97. The largest absolute Gasteiger partial charge is 1.00 e. The van der Waals surface area contributed by atoms with Gasteiger partial charge in [0, 0.05) is 17.5 Å². The van der Waals surface area contributed by atoms with Crippen molar-refractivity contribution in [2.24, 2.45) is 0 Å². The maximum absolute atomic E-state index is 11.9. The minimum absolute atomic E-state index is 0. The number of pyridine rings is 1. The molecule has 24 heavy (non-hydrogen) atoms. The van der Waals surface area contributed by atoms with Crippen molar-refractivity contribution in [3.05, 3.63) is 51.0 Å². The maximum atomic E-state index is 11.9. The van der Waals surface area contributed by atoms with Gasteiger partial charge in [-0.05, 0) is 12.1 Å². The Morgan fingerprint density at radius 3 is 2.25 bits per heavy atom. The molecule has 0 fully saturated rings. The molecule has 1 aromatic carbocycles. The van der Waals surface area contributed by atoms with Crippen LogP contribution in [0.4, 0.5) is 0 Å². The van der Waals surface area contributed by atoms with Crippen LogP contribution < -0.4 is 74.8 Å². The number of aromatic carboxylic acids is 2. The molecule has 0 aliphatic rings. The van der Waals surface area contributed by atoms with E-state index in [1.165, 1.54) is 12.1 Å². The van der Waals surface area contributed by atoms with E-state index in [0.29, 0.717) is 5.39 Å². The number of carbonyl (C=O) groups is 2. The van der Waals surface area contributed by atoms with Crippen molar-refractivity contribution in [2.45, 2.75) is 0 Å². The van der Waals surface area contributed by atoms with Gasteiger partial charge < -0.3 is 24.2 Å². The maximum Gasteiger partial charge on any atom is 1.00 e. The van der Waals surface area contributed by atoms with Crippen LogP contribution in [0, 0.1) is 0 Å². The Morgan fingerprint density at radius 1 is 1.00 bits per heavy atom. The van der Waals surface area contributed by atoms with Crippen molar-refractivity contribution in [3.63, 3.8) is 0 Å². The van der Waals surface area contributed by atoms with Crippen LogP contribution in [0.1, 0.15) is 21.0 Å². The number of benzene rings is 1. The molecule has 0 saturated heterocycles. The Hall–Kier alpha value is -0.930. The first-order valence-corrected chi connectivity index (χ1v) is 6.25. The second-order valence-electron chi connectivity index (χ2n) is 4.40. The van der Waals surface area contributed by atoms with Crippen LogP contribution in [0.3, 0.4) is 0 Å². The summed E-state index contributed by atoms with van der Waals surface area (Å²) in [5.74, 6) is -3.80. The Bertz CT molecular complexity index is 1030. The molecule has 0 radical (unpaired) electrons. The average Bonchev–Trinajstić information content (AvgIpc) is 2.45. The number of carboxylic acids is 2. The molecule has 0 N–H and O–H groups in total. The number of fused-ring (bicyclic) bond motifs is 2. The number of carbonyl (C=O) groups excluding carboxylic acids is 2. The van der Waals surface area contributed by atoms with E-state index in [1.807, 2.05) is 0 Å². The normalized spacial score (nSPS) is 10.0. The molecule has 0 atom stereocenters. The summed E-state index contributed by atoms with van der Waals surface area (Å²) < 4.78 is 5.04. The zero-order chi connectivity index (χ0) is 16.0. The quantitative estimate of drug-likeness (QED) is 0.328. The van der Waals surface area contributed by atoms with E-state index in [-0.39, 0.29) is 80.6 Å². The molecule has 0 spiro atoms. The molecular formula is C14H4ClNNa2O6. The molecule has 3 rings (SSSR count). The van der Waals surface area contributed by atoms with Crippen LogP contribution in [-0.2, 0) is 0 Å². The number of hydrogen-bond donors (Lipinski definition) is 0. The Balaban J connectivity index is 0.00000144. The third-order valence-electron chi connectivity index (χ3n) is 3.02. The predicted octanol–water partition coefficient (Wildman–Crippen LogP) is -6.27. The fourth-order valence-electron chi connectivity index (χ4n) is 2.04. The topological polar surface area (TPSA) is 123 Å². The third kappa shape index (κ3) is 3.83. The first kappa shape index (κ1) is 21.1. The predicted molar refractivity (Wildman–Crippen MR) is 71.5 cm³/mol. The van der Waals surface area contributed by atoms with Gasteiger partial charge in [-0.25, -0.2) is 4.98 Å². The monoisotopic (exact) mass is 363 g/mol. The van der Waals surface area contributed by atoms with Crippen LogP contribution in [0.15, 0.2) is 33.5 Å². The minimum atomic E-state index is -1.64. The standard InChI is InChI=1S/C14H6ClNO6.2Na/c15-7-2-9(13(18)19)16-8-3-11-6(1-5(7)8)10(17)4-12(22-11)14(20)21;;/h1-4H,(H,18,19)(H,20,21);;/q;2*+1/p-2. The summed E-state index contributed by atoms with van der Waals surface area (Å²) in [6.07, 6.45) is 0. The number of hydrogen-bond acceptors (Lipinski definition) is 7. The molecule has 10 heteroatoms. The van der Waals surface area contributed by atoms with Crippen LogP contribution in [0.25, 0.3) is 21.9 Å². The molecule has 0 unspecified atom stereocenters. The van der Waals surface area contributed by atoms with Crippen molar-refractivity contribution in [3.8, 4) is 0 Å². The fourth-order valence-corrected chi connectivity index (χ4v) is 2.29. The smallest absolute Gasteiger partial charge is 0.543 e. The van der Waals surface area contributed by atoms with Gasteiger partial charge >= 0.3 is 59.1 Å². The van der Waals surface area contributed by atoms with Crippen molar-refractivity contribution >= 4 is 45.4 Å². The molecule has 7 nitrogen and oxygen atoms in total. The first-order valence-electron chi connectivity index (χ1n) is 5.87. The summed E-state index contributed by atoms with van der Waals surface area (Å²) in [5.41, 5.74) is -0.936. The van der Waals surface area contributed by atoms with E-state index in [1.54, 1.807) is 0 Å². The van der Waals surface area contributed by atoms with Gasteiger partial charge in [-0.3, -0.25) is 4.79 Å². The third-order valence-corrected chi connectivity index (χ3v) is 3.33. The SMILES string of the molecule is O=C([O-])c1cc(Cl)c2cc3c(=O)cc(C(=O)[O-])oc3cc2n1.[Na+].[Na+]. The van der Waals surface area contributed by atoms with E-state index < -0.39 is 28.8 Å². The molecular weight excluding hydrogens is 360 g/mol. The number of aromatic nitrogens is 1. The van der Waals surface area contributed by atoms with Gasteiger partial charge in [0.25, 0.3) is 0 Å². The Kier molecular flexibility index (Phi) is 7.01.